The van der Waals surface area contributed by atoms with Crippen LogP contribution in [0, 0.1) is 0 Å². The lowest BCUT2D eigenvalue weighted by atomic mass is 10.1. The molecular weight excluding hydrogens is 382 g/mol. The molecule has 0 radical (unpaired) electrons. The summed E-state index contributed by atoms with van der Waals surface area (Å²) in [7, 11) is -1.92. The van der Waals surface area contributed by atoms with E-state index >= 15 is 0 Å². The summed E-state index contributed by atoms with van der Waals surface area (Å²) in [5, 5.41) is 2.62. The van der Waals surface area contributed by atoms with Crippen molar-refractivity contribution in [2.24, 2.45) is 0 Å². The van der Waals surface area contributed by atoms with Crippen molar-refractivity contribution in [1.29, 1.82) is 0 Å². The first-order valence-electron chi connectivity index (χ1n) is 8.73. The maximum absolute atomic E-state index is 12.3. The Morgan fingerprint density at radius 3 is 2.71 bits per heavy atom. The Morgan fingerprint density at radius 1 is 1.21 bits per heavy atom. The van der Waals surface area contributed by atoms with Gasteiger partial charge in [-0.1, -0.05) is 19.1 Å². The van der Waals surface area contributed by atoms with E-state index in [2.05, 4.69) is 5.32 Å². The summed E-state index contributed by atoms with van der Waals surface area (Å²) in [6.07, 6.45) is 2.91. The zero-order valence-corrected chi connectivity index (χ0v) is 16.4. The van der Waals surface area contributed by atoms with Crippen molar-refractivity contribution in [2.45, 2.75) is 11.8 Å². The first kappa shape index (κ1) is 19.8. The van der Waals surface area contributed by atoms with Crippen LogP contribution in [0.3, 0.4) is 0 Å². The highest BCUT2D eigenvalue weighted by atomic mass is 32.2. The number of hydrogen-bond donors (Lipinski definition) is 1. The van der Waals surface area contributed by atoms with Crippen LogP contribution in [0.2, 0.25) is 0 Å². The van der Waals surface area contributed by atoms with E-state index in [1.807, 2.05) is 0 Å². The molecule has 7 nitrogen and oxygen atoms in total. The van der Waals surface area contributed by atoms with Crippen LogP contribution >= 0.6 is 0 Å². The second-order valence-corrected chi connectivity index (χ2v) is 8.22. The van der Waals surface area contributed by atoms with Gasteiger partial charge >= 0.3 is 0 Å². The molecule has 1 heterocycles. The molecule has 0 atom stereocenters. The van der Waals surface area contributed by atoms with Crippen LogP contribution in [0.1, 0.15) is 12.5 Å². The van der Waals surface area contributed by atoms with Gasteiger partial charge in [-0.05, 0) is 35.9 Å². The third kappa shape index (κ3) is 4.28. The van der Waals surface area contributed by atoms with Gasteiger partial charge in [0, 0.05) is 6.08 Å². The standard InChI is InChI=1S/C20H21NO6S/c1-3-28(23,24)18-7-5-4-6-15(18)21-19(22)9-8-14-12-16(25-2)20-17(13-14)26-10-11-27-20/h4-9,12-13H,3,10-11H2,1-2H3,(H,21,22)/b9-8+. The summed E-state index contributed by atoms with van der Waals surface area (Å²) in [4.78, 5) is 12.4. The molecule has 1 amide bonds. The Labute approximate surface area is 163 Å². The first-order valence-corrected chi connectivity index (χ1v) is 10.4. The molecule has 148 valence electrons. The summed E-state index contributed by atoms with van der Waals surface area (Å²) in [6, 6.07) is 9.80. The predicted octanol–water partition coefficient (Wildman–Crippen LogP) is 2.91. The number of fused-ring (bicyclic) bond motifs is 1. The predicted molar refractivity (Wildman–Crippen MR) is 106 cm³/mol. The fourth-order valence-electron chi connectivity index (χ4n) is 2.73. The molecule has 0 aliphatic carbocycles. The van der Waals surface area contributed by atoms with Crippen molar-refractivity contribution in [3.05, 3.63) is 48.0 Å². The zero-order chi connectivity index (χ0) is 20.1. The maximum atomic E-state index is 12.3. The highest BCUT2D eigenvalue weighted by Gasteiger charge is 2.19. The lowest BCUT2D eigenvalue weighted by molar-refractivity contribution is -0.111. The normalized spacial score (nSPS) is 13.4. The molecule has 0 aromatic heterocycles. The van der Waals surface area contributed by atoms with Crippen molar-refractivity contribution in [3.63, 3.8) is 0 Å². The van der Waals surface area contributed by atoms with Gasteiger partial charge in [-0.2, -0.15) is 0 Å². The van der Waals surface area contributed by atoms with Gasteiger partial charge in [-0.25, -0.2) is 8.42 Å². The quantitative estimate of drug-likeness (QED) is 0.746. The van der Waals surface area contributed by atoms with E-state index in [0.29, 0.717) is 36.0 Å². The average Bonchev–Trinajstić information content (AvgIpc) is 2.72. The van der Waals surface area contributed by atoms with Crippen LogP contribution in [-0.4, -0.2) is 40.4 Å². The lowest BCUT2D eigenvalue weighted by Crippen LogP contribution is -2.16. The molecule has 0 spiro atoms. The van der Waals surface area contributed by atoms with E-state index in [-0.39, 0.29) is 16.3 Å². The van der Waals surface area contributed by atoms with Crippen LogP contribution in [0.15, 0.2) is 47.4 Å². The van der Waals surface area contributed by atoms with E-state index < -0.39 is 15.7 Å². The number of ether oxygens (including phenoxy) is 3. The van der Waals surface area contributed by atoms with Crippen molar-refractivity contribution in [1.82, 2.24) is 0 Å². The topological polar surface area (TPSA) is 90.9 Å². The third-order valence-electron chi connectivity index (χ3n) is 4.14. The summed E-state index contributed by atoms with van der Waals surface area (Å²) < 4.78 is 40.8. The molecule has 0 saturated carbocycles. The van der Waals surface area contributed by atoms with E-state index in [1.54, 1.807) is 43.3 Å². The number of amides is 1. The molecule has 0 bridgehead atoms. The van der Waals surface area contributed by atoms with Gasteiger partial charge in [-0.3, -0.25) is 4.79 Å². The zero-order valence-electron chi connectivity index (χ0n) is 15.6. The minimum absolute atomic E-state index is 0.0489. The number of carbonyl (C=O) groups is 1. The van der Waals surface area contributed by atoms with Gasteiger partial charge < -0.3 is 19.5 Å². The second-order valence-electron chi connectivity index (χ2n) is 5.97. The van der Waals surface area contributed by atoms with Crippen LogP contribution < -0.4 is 19.5 Å². The van der Waals surface area contributed by atoms with Crippen LogP contribution in [-0.2, 0) is 14.6 Å². The van der Waals surface area contributed by atoms with E-state index in [4.69, 9.17) is 14.2 Å². The van der Waals surface area contributed by atoms with Crippen molar-refractivity contribution < 1.29 is 27.4 Å². The Hall–Kier alpha value is -3.00. The van der Waals surface area contributed by atoms with Gasteiger partial charge in [0.15, 0.2) is 21.3 Å². The molecule has 0 fully saturated rings. The molecule has 1 aliphatic heterocycles. The maximum Gasteiger partial charge on any atom is 0.248 e. The molecule has 28 heavy (non-hydrogen) atoms. The third-order valence-corrected chi connectivity index (χ3v) is 5.92. The van der Waals surface area contributed by atoms with Gasteiger partial charge in [0.2, 0.25) is 11.7 Å². The Kier molecular flexibility index (Phi) is 5.89. The van der Waals surface area contributed by atoms with Crippen molar-refractivity contribution in [3.8, 4) is 17.2 Å². The Bertz CT molecular complexity index is 996. The average molecular weight is 403 g/mol. The van der Waals surface area contributed by atoms with Crippen molar-refractivity contribution in [2.75, 3.05) is 31.4 Å². The van der Waals surface area contributed by atoms with Crippen molar-refractivity contribution >= 4 is 27.5 Å². The number of anilines is 1. The molecule has 0 unspecified atom stereocenters. The number of hydrogen-bond acceptors (Lipinski definition) is 6. The first-order chi connectivity index (χ1) is 13.4. The van der Waals surface area contributed by atoms with E-state index in [0.717, 1.165) is 0 Å². The monoisotopic (exact) mass is 403 g/mol. The molecular formula is C20H21NO6S. The summed E-state index contributed by atoms with van der Waals surface area (Å²) in [5.41, 5.74) is 0.935. The van der Waals surface area contributed by atoms with Crippen LogP contribution in [0.5, 0.6) is 17.2 Å². The largest absolute Gasteiger partial charge is 0.493 e. The smallest absolute Gasteiger partial charge is 0.248 e. The number of para-hydroxylation sites is 1. The number of carbonyl (C=O) groups excluding carboxylic acids is 1. The van der Waals surface area contributed by atoms with Crippen LogP contribution in [0.25, 0.3) is 6.08 Å². The molecule has 2 aromatic rings. The number of benzene rings is 2. The number of rotatable bonds is 6. The molecule has 2 aromatic carbocycles. The van der Waals surface area contributed by atoms with Gasteiger partial charge in [0.25, 0.3) is 0 Å². The van der Waals surface area contributed by atoms with E-state index in [9.17, 15) is 13.2 Å². The molecule has 8 heteroatoms. The SMILES string of the molecule is CCS(=O)(=O)c1ccccc1NC(=O)/C=C/c1cc(OC)c2c(c1)OCCO2. The Balaban J connectivity index is 1.80. The molecule has 3 rings (SSSR count). The van der Waals surface area contributed by atoms with Crippen LogP contribution in [0.4, 0.5) is 5.69 Å². The minimum atomic E-state index is -3.45. The van der Waals surface area contributed by atoms with Gasteiger partial charge in [0.1, 0.15) is 13.2 Å². The van der Waals surface area contributed by atoms with Gasteiger partial charge in [-0.15, -0.1) is 0 Å². The van der Waals surface area contributed by atoms with Gasteiger partial charge in [0.05, 0.1) is 23.4 Å². The molecule has 1 aliphatic rings. The highest BCUT2D eigenvalue weighted by molar-refractivity contribution is 7.91. The number of methoxy groups -OCH3 is 1. The summed E-state index contributed by atoms with van der Waals surface area (Å²) >= 11 is 0. The lowest BCUT2D eigenvalue weighted by Gasteiger charge is -2.20. The molecule has 0 saturated heterocycles. The fourth-order valence-corrected chi connectivity index (χ4v) is 3.78. The second kappa shape index (κ2) is 8.35. The summed E-state index contributed by atoms with van der Waals surface area (Å²) in [6.45, 7) is 2.44. The summed E-state index contributed by atoms with van der Waals surface area (Å²) in [5.74, 6) is 1.09. The molecule has 1 N–H and O–H groups in total. The Morgan fingerprint density at radius 2 is 1.96 bits per heavy atom. The fraction of sp³-hybridized carbons (Fsp3) is 0.250. The number of nitrogens with one attached hydrogen (secondary N) is 1. The number of sulfone groups is 1. The minimum Gasteiger partial charge on any atom is -0.493 e. The highest BCUT2D eigenvalue weighted by Crippen LogP contribution is 2.40. The van der Waals surface area contributed by atoms with E-state index in [1.165, 1.54) is 19.3 Å².